The molecule has 0 spiro atoms. The number of amides is 1. The second kappa shape index (κ2) is 7.23. The van der Waals surface area contributed by atoms with Crippen molar-refractivity contribution in [2.24, 2.45) is 0 Å². The minimum absolute atomic E-state index is 0.301. The number of nitrogens with two attached hydrogens (primary N) is 1. The van der Waals surface area contributed by atoms with Gasteiger partial charge in [0.1, 0.15) is 0 Å². The third-order valence-electron chi connectivity index (χ3n) is 3.88. The van der Waals surface area contributed by atoms with E-state index < -0.39 is 18.0 Å². The monoisotopic (exact) mass is 349 g/mol. The number of esters is 1. The first kappa shape index (κ1) is 17.4. The van der Waals surface area contributed by atoms with Gasteiger partial charge in [-0.25, -0.2) is 4.79 Å². The molecular weight excluding hydrogens is 330 g/mol. The number of pyridine rings is 1. The van der Waals surface area contributed by atoms with Gasteiger partial charge in [0, 0.05) is 16.8 Å². The van der Waals surface area contributed by atoms with Gasteiger partial charge in [0.05, 0.1) is 16.8 Å². The number of aryl methyl sites for hydroxylation is 1. The highest BCUT2D eigenvalue weighted by Gasteiger charge is 2.20. The van der Waals surface area contributed by atoms with Crippen LogP contribution in [0.15, 0.2) is 54.6 Å². The van der Waals surface area contributed by atoms with Crippen LogP contribution in [-0.4, -0.2) is 23.0 Å². The van der Waals surface area contributed by atoms with Crippen LogP contribution in [0.25, 0.3) is 10.9 Å². The van der Waals surface area contributed by atoms with Crippen molar-refractivity contribution in [3.8, 4) is 0 Å². The van der Waals surface area contributed by atoms with Crippen molar-refractivity contribution in [1.29, 1.82) is 0 Å². The molecule has 0 fully saturated rings. The van der Waals surface area contributed by atoms with Gasteiger partial charge in [-0.1, -0.05) is 24.3 Å². The van der Waals surface area contributed by atoms with E-state index in [9.17, 15) is 9.59 Å². The number of benzene rings is 2. The Hall–Kier alpha value is -3.41. The minimum Gasteiger partial charge on any atom is -0.449 e. The number of hydrogen-bond acceptors (Lipinski definition) is 5. The first-order valence-electron chi connectivity index (χ1n) is 8.18. The Labute approximate surface area is 151 Å². The van der Waals surface area contributed by atoms with Gasteiger partial charge in [-0.2, -0.15) is 0 Å². The molecule has 0 aliphatic heterocycles. The predicted octanol–water partition coefficient (Wildman–Crippen LogP) is 3.31. The summed E-state index contributed by atoms with van der Waals surface area (Å²) < 4.78 is 5.25. The number of anilines is 2. The Morgan fingerprint density at radius 1 is 1.12 bits per heavy atom. The van der Waals surface area contributed by atoms with E-state index in [4.69, 9.17) is 10.5 Å². The van der Waals surface area contributed by atoms with Crippen molar-refractivity contribution in [1.82, 2.24) is 4.98 Å². The van der Waals surface area contributed by atoms with Crippen LogP contribution in [0.1, 0.15) is 23.0 Å². The summed E-state index contributed by atoms with van der Waals surface area (Å²) in [5.41, 5.74) is 8.61. The smallest absolute Gasteiger partial charge is 0.338 e. The number of hydrogen-bond donors (Lipinski definition) is 2. The number of para-hydroxylation sites is 1. The van der Waals surface area contributed by atoms with E-state index in [1.54, 1.807) is 24.3 Å². The Bertz CT molecular complexity index is 985. The topological polar surface area (TPSA) is 94.3 Å². The summed E-state index contributed by atoms with van der Waals surface area (Å²) in [5, 5.41) is 3.63. The molecule has 1 amide bonds. The van der Waals surface area contributed by atoms with Gasteiger partial charge in [0.2, 0.25) is 0 Å². The summed E-state index contributed by atoms with van der Waals surface area (Å²) in [6, 6.07) is 15.7. The van der Waals surface area contributed by atoms with Crippen LogP contribution in [-0.2, 0) is 9.53 Å². The molecule has 1 aromatic heterocycles. The Balaban J connectivity index is 1.75. The van der Waals surface area contributed by atoms with E-state index in [1.165, 1.54) is 13.0 Å². The average Bonchev–Trinajstić information content (AvgIpc) is 2.61. The van der Waals surface area contributed by atoms with Gasteiger partial charge in [-0.3, -0.25) is 9.78 Å². The van der Waals surface area contributed by atoms with Crippen LogP contribution in [0, 0.1) is 6.92 Å². The van der Waals surface area contributed by atoms with Crippen LogP contribution >= 0.6 is 0 Å². The molecule has 1 unspecified atom stereocenters. The third kappa shape index (κ3) is 3.80. The first-order valence-corrected chi connectivity index (χ1v) is 8.18. The SMILES string of the molecule is Cc1cc(NC(=O)C(C)OC(=O)c2cccc(N)c2)c2ccccc2n1. The number of fused-ring (bicyclic) bond motifs is 1. The zero-order valence-electron chi connectivity index (χ0n) is 14.5. The van der Waals surface area contributed by atoms with Crippen LogP contribution in [0.4, 0.5) is 11.4 Å². The van der Waals surface area contributed by atoms with Crippen molar-refractivity contribution < 1.29 is 14.3 Å². The lowest BCUT2D eigenvalue weighted by molar-refractivity contribution is -0.123. The molecule has 0 radical (unpaired) electrons. The van der Waals surface area contributed by atoms with E-state index in [-0.39, 0.29) is 0 Å². The van der Waals surface area contributed by atoms with E-state index in [1.807, 2.05) is 31.2 Å². The van der Waals surface area contributed by atoms with E-state index in [0.29, 0.717) is 16.9 Å². The average molecular weight is 349 g/mol. The van der Waals surface area contributed by atoms with Gasteiger partial charge < -0.3 is 15.8 Å². The number of nitrogens with zero attached hydrogens (tertiary/aromatic N) is 1. The Morgan fingerprint density at radius 2 is 1.88 bits per heavy atom. The standard InChI is InChI=1S/C20H19N3O3/c1-12-10-18(16-8-3-4-9-17(16)22-12)23-19(24)13(2)26-20(25)14-6-5-7-15(21)11-14/h3-11,13H,21H2,1-2H3,(H,22,23,24). The quantitative estimate of drug-likeness (QED) is 0.557. The lowest BCUT2D eigenvalue weighted by atomic mass is 10.1. The minimum atomic E-state index is -0.962. The number of ether oxygens (including phenoxy) is 1. The zero-order valence-corrected chi connectivity index (χ0v) is 14.5. The van der Waals surface area contributed by atoms with Gasteiger partial charge in [0.25, 0.3) is 5.91 Å². The molecule has 1 heterocycles. The maximum Gasteiger partial charge on any atom is 0.338 e. The molecule has 3 rings (SSSR count). The molecule has 1 atom stereocenters. The lowest BCUT2D eigenvalue weighted by Crippen LogP contribution is -2.30. The normalized spacial score (nSPS) is 11.8. The summed E-state index contributed by atoms with van der Waals surface area (Å²) >= 11 is 0. The number of carbonyl (C=O) groups excluding carboxylic acids is 2. The van der Waals surface area contributed by atoms with Gasteiger partial charge in [0.15, 0.2) is 6.10 Å². The van der Waals surface area contributed by atoms with Crippen molar-refractivity contribution >= 4 is 34.2 Å². The molecule has 2 aromatic carbocycles. The molecule has 6 heteroatoms. The van der Waals surface area contributed by atoms with Crippen molar-refractivity contribution in [3.05, 3.63) is 65.9 Å². The fraction of sp³-hybridized carbons (Fsp3) is 0.150. The number of rotatable bonds is 4. The maximum absolute atomic E-state index is 12.5. The molecule has 3 N–H and O–H groups in total. The number of carbonyl (C=O) groups is 2. The summed E-state index contributed by atoms with van der Waals surface area (Å²) in [6.45, 7) is 3.38. The lowest BCUT2D eigenvalue weighted by Gasteiger charge is -2.15. The van der Waals surface area contributed by atoms with Crippen LogP contribution in [0.3, 0.4) is 0 Å². The van der Waals surface area contributed by atoms with Crippen LogP contribution < -0.4 is 11.1 Å². The predicted molar refractivity (Wildman–Crippen MR) is 101 cm³/mol. The Morgan fingerprint density at radius 3 is 2.65 bits per heavy atom. The fourth-order valence-electron chi connectivity index (χ4n) is 2.59. The highest BCUT2D eigenvalue weighted by Crippen LogP contribution is 2.23. The third-order valence-corrected chi connectivity index (χ3v) is 3.88. The summed E-state index contributed by atoms with van der Waals surface area (Å²) in [5.74, 6) is -1.02. The number of nitrogen functional groups attached to an aromatic ring is 1. The maximum atomic E-state index is 12.5. The molecule has 0 saturated carbocycles. The number of nitrogens with one attached hydrogen (secondary N) is 1. The second-order valence-electron chi connectivity index (χ2n) is 5.99. The molecular formula is C20H19N3O3. The molecule has 0 saturated heterocycles. The van der Waals surface area contributed by atoms with E-state index >= 15 is 0 Å². The van der Waals surface area contributed by atoms with Crippen LogP contribution in [0.2, 0.25) is 0 Å². The molecule has 0 aliphatic carbocycles. The largest absolute Gasteiger partial charge is 0.449 e. The molecule has 0 bridgehead atoms. The summed E-state index contributed by atoms with van der Waals surface area (Å²) in [6.07, 6.45) is -0.962. The van der Waals surface area contributed by atoms with Crippen LogP contribution in [0.5, 0.6) is 0 Å². The zero-order chi connectivity index (χ0) is 18.7. The first-order chi connectivity index (χ1) is 12.4. The summed E-state index contributed by atoms with van der Waals surface area (Å²) in [4.78, 5) is 29.1. The summed E-state index contributed by atoms with van der Waals surface area (Å²) in [7, 11) is 0. The fourth-order valence-corrected chi connectivity index (χ4v) is 2.59. The molecule has 0 aliphatic rings. The number of aromatic nitrogens is 1. The molecule has 3 aromatic rings. The van der Waals surface area contributed by atoms with Gasteiger partial charge in [-0.05, 0) is 44.2 Å². The van der Waals surface area contributed by atoms with Gasteiger partial charge in [-0.15, -0.1) is 0 Å². The van der Waals surface area contributed by atoms with Crippen molar-refractivity contribution in [2.45, 2.75) is 20.0 Å². The van der Waals surface area contributed by atoms with E-state index in [0.717, 1.165) is 16.6 Å². The second-order valence-corrected chi connectivity index (χ2v) is 5.99. The molecule has 26 heavy (non-hydrogen) atoms. The van der Waals surface area contributed by atoms with Gasteiger partial charge >= 0.3 is 5.97 Å². The van der Waals surface area contributed by atoms with E-state index in [2.05, 4.69) is 10.3 Å². The molecule has 6 nitrogen and oxygen atoms in total. The highest BCUT2D eigenvalue weighted by molar-refractivity contribution is 6.03. The highest BCUT2D eigenvalue weighted by atomic mass is 16.5. The van der Waals surface area contributed by atoms with Crippen molar-refractivity contribution in [3.63, 3.8) is 0 Å². The Kier molecular flexibility index (Phi) is 4.84. The molecule has 132 valence electrons. The van der Waals surface area contributed by atoms with Crippen molar-refractivity contribution in [2.75, 3.05) is 11.1 Å².